The second-order valence-corrected chi connectivity index (χ2v) is 6.81. The summed E-state index contributed by atoms with van der Waals surface area (Å²) in [5.74, 6) is -1.50. The van der Waals surface area contributed by atoms with Crippen molar-refractivity contribution in [3.8, 4) is 6.07 Å². The lowest BCUT2D eigenvalue weighted by molar-refractivity contribution is -0.137. The predicted octanol–water partition coefficient (Wildman–Crippen LogP) is 4.42. The lowest BCUT2D eigenvalue weighted by Gasteiger charge is -2.06. The quantitative estimate of drug-likeness (QED) is 0.386. The number of nitrogens with one attached hydrogen (secondary N) is 1. The molecule has 0 bridgehead atoms. The Bertz CT molecular complexity index is 1360. The van der Waals surface area contributed by atoms with Gasteiger partial charge in [0.15, 0.2) is 0 Å². The van der Waals surface area contributed by atoms with Crippen molar-refractivity contribution in [3.63, 3.8) is 0 Å². The van der Waals surface area contributed by atoms with Gasteiger partial charge >= 0.3 is 5.97 Å². The molecule has 6 nitrogen and oxygen atoms in total. The average Bonchev–Trinajstić information content (AvgIpc) is 3.08. The number of carboxylic acid groups (broad SMARTS) is 1. The van der Waals surface area contributed by atoms with E-state index in [-0.39, 0.29) is 12.1 Å². The Kier molecular flexibility index (Phi) is 5.02. The third kappa shape index (κ3) is 3.77. The molecule has 0 aliphatic heterocycles. The van der Waals surface area contributed by atoms with E-state index in [2.05, 4.69) is 5.32 Å². The van der Waals surface area contributed by atoms with Crippen LogP contribution in [0.2, 0.25) is 0 Å². The van der Waals surface area contributed by atoms with Crippen LogP contribution >= 0.6 is 0 Å². The number of carboxylic acids is 1. The number of carbonyl (C=O) groups is 2. The van der Waals surface area contributed by atoms with Crippen LogP contribution in [0, 0.1) is 11.3 Å². The van der Waals surface area contributed by atoms with E-state index in [1.165, 1.54) is 6.08 Å². The maximum absolute atomic E-state index is 12.7. The van der Waals surface area contributed by atoms with E-state index in [0.29, 0.717) is 11.3 Å². The van der Waals surface area contributed by atoms with Crippen LogP contribution < -0.4 is 5.32 Å². The summed E-state index contributed by atoms with van der Waals surface area (Å²) in [6, 6.07) is 22.5. The molecule has 0 saturated carbocycles. The number of aliphatic carboxylic acids is 1. The van der Waals surface area contributed by atoms with Crippen LogP contribution in [-0.2, 0) is 16.1 Å². The number of fused-ring (bicyclic) bond motifs is 2. The minimum Gasteiger partial charge on any atom is -0.480 e. The number of rotatable bonds is 5. The van der Waals surface area contributed by atoms with Gasteiger partial charge in [0.2, 0.25) is 0 Å². The number of hydrogen-bond donors (Lipinski definition) is 2. The van der Waals surface area contributed by atoms with Crippen LogP contribution in [0.25, 0.3) is 27.8 Å². The lowest BCUT2D eigenvalue weighted by atomic mass is 10.1. The highest BCUT2D eigenvalue weighted by atomic mass is 16.4. The van der Waals surface area contributed by atoms with Gasteiger partial charge in [-0.2, -0.15) is 5.26 Å². The number of para-hydroxylation sites is 1. The third-order valence-corrected chi connectivity index (χ3v) is 4.80. The van der Waals surface area contributed by atoms with E-state index < -0.39 is 11.9 Å². The molecule has 0 radical (unpaired) electrons. The Balaban J connectivity index is 1.67. The van der Waals surface area contributed by atoms with Crippen LogP contribution in [0.5, 0.6) is 0 Å². The topological polar surface area (TPSA) is 95.1 Å². The van der Waals surface area contributed by atoms with Crippen LogP contribution in [0.3, 0.4) is 0 Å². The predicted molar refractivity (Wildman–Crippen MR) is 116 cm³/mol. The molecule has 1 aromatic heterocycles. The van der Waals surface area contributed by atoms with Crippen molar-refractivity contribution < 1.29 is 14.7 Å². The smallest absolute Gasteiger partial charge is 0.323 e. The van der Waals surface area contributed by atoms with Crippen molar-refractivity contribution >= 4 is 45.3 Å². The van der Waals surface area contributed by atoms with E-state index in [1.54, 1.807) is 22.9 Å². The first-order valence-corrected chi connectivity index (χ1v) is 9.27. The maximum atomic E-state index is 12.7. The number of nitrogens with zero attached hydrogens (tertiary/aromatic N) is 2. The Labute approximate surface area is 172 Å². The summed E-state index contributed by atoms with van der Waals surface area (Å²) < 4.78 is 1.58. The number of hydrogen-bond acceptors (Lipinski definition) is 3. The number of amides is 1. The summed E-state index contributed by atoms with van der Waals surface area (Å²) >= 11 is 0. The summed E-state index contributed by atoms with van der Waals surface area (Å²) in [6.45, 7) is -0.209. The highest BCUT2D eigenvalue weighted by Gasteiger charge is 2.14. The molecular formula is C24H17N3O3. The zero-order valence-electron chi connectivity index (χ0n) is 15.9. The molecule has 2 N–H and O–H groups in total. The molecule has 0 unspecified atom stereocenters. The van der Waals surface area contributed by atoms with Crippen LogP contribution in [0.15, 0.2) is 78.5 Å². The second-order valence-electron chi connectivity index (χ2n) is 6.81. The fourth-order valence-electron chi connectivity index (χ4n) is 3.44. The first-order chi connectivity index (χ1) is 14.5. The Morgan fingerprint density at radius 1 is 1.03 bits per heavy atom. The Hall–Kier alpha value is -4.37. The number of anilines is 1. The minimum atomic E-state index is -0.971. The van der Waals surface area contributed by atoms with Gasteiger partial charge in [0, 0.05) is 28.4 Å². The molecule has 1 heterocycles. The van der Waals surface area contributed by atoms with E-state index in [1.807, 2.05) is 60.7 Å². The molecule has 30 heavy (non-hydrogen) atoms. The van der Waals surface area contributed by atoms with E-state index >= 15 is 0 Å². The van der Waals surface area contributed by atoms with Gasteiger partial charge in [-0.15, -0.1) is 0 Å². The molecule has 0 aliphatic rings. The zero-order chi connectivity index (χ0) is 21.1. The largest absolute Gasteiger partial charge is 0.480 e. The van der Waals surface area contributed by atoms with Gasteiger partial charge < -0.3 is 15.0 Å². The van der Waals surface area contributed by atoms with Gasteiger partial charge in [0.1, 0.15) is 18.2 Å². The van der Waals surface area contributed by atoms with Gasteiger partial charge in [-0.25, -0.2) is 0 Å². The first kappa shape index (κ1) is 19.0. The van der Waals surface area contributed by atoms with E-state index in [0.717, 1.165) is 21.7 Å². The monoisotopic (exact) mass is 395 g/mol. The van der Waals surface area contributed by atoms with E-state index in [4.69, 9.17) is 5.11 Å². The molecule has 0 saturated heterocycles. The number of benzene rings is 3. The minimum absolute atomic E-state index is 0.0682. The summed E-state index contributed by atoms with van der Waals surface area (Å²) in [4.78, 5) is 23.9. The SMILES string of the molecule is N#CC(=Cc1cn(CC(=O)O)c2ccccc12)C(=O)Nc1ccc2ccccc2c1. The fraction of sp³-hybridized carbons (Fsp3) is 0.0417. The van der Waals surface area contributed by atoms with Gasteiger partial charge in [-0.3, -0.25) is 9.59 Å². The number of carbonyl (C=O) groups excluding carboxylic acids is 1. The Morgan fingerprint density at radius 3 is 2.53 bits per heavy atom. The molecule has 1 amide bonds. The summed E-state index contributed by atoms with van der Waals surface area (Å²) in [7, 11) is 0. The van der Waals surface area contributed by atoms with Gasteiger partial charge in [0.05, 0.1) is 0 Å². The van der Waals surface area contributed by atoms with Crippen molar-refractivity contribution in [1.82, 2.24) is 4.57 Å². The first-order valence-electron chi connectivity index (χ1n) is 9.27. The third-order valence-electron chi connectivity index (χ3n) is 4.80. The molecule has 0 atom stereocenters. The zero-order valence-corrected chi connectivity index (χ0v) is 15.9. The molecule has 0 aliphatic carbocycles. The van der Waals surface area contributed by atoms with Crippen LogP contribution in [0.1, 0.15) is 5.56 Å². The molecule has 4 rings (SSSR count). The molecule has 4 aromatic rings. The average molecular weight is 395 g/mol. The van der Waals surface area contributed by atoms with Crippen LogP contribution in [0.4, 0.5) is 5.69 Å². The summed E-state index contributed by atoms with van der Waals surface area (Å²) in [5.41, 5.74) is 1.85. The Morgan fingerprint density at radius 2 is 1.77 bits per heavy atom. The highest BCUT2D eigenvalue weighted by Crippen LogP contribution is 2.24. The molecule has 3 aromatic carbocycles. The lowest BCUT2D eigenvalue weighted by Crippen LogP contribution is -2.13. The normalized spacial score (nSPS) is 11.4. The molecular weight excluding hydrogens is 378 g/mol. The number of aromatic nitrogens is 1. The van der Waals surface area contributed by atoms with E-state index in [9.17, 15) is 14.9 Å². The maximum Gasteiger partial charge on any atom is 0.323 e. The summed E-state index contributed by atoms with van der Waals surface area (Å²) in [6.07, 6.45) is 3.12. The van der Waals surface area contributed by atoms with Crippen molar-refractivity contribution in [2.45, 2.75) is 6.54 Å². The van der Waals surface area contributed by atoms with Crippen molar-refractivity contribution in [1.29, 1.82) is 5.26 Å². The fourth-order valence-corrected chi connectivity index (χ4v) is 3.44. The van der Waals surface area contributed by atoms with Gasteiger partial charge in [-0.05, 0) is 35.0 Å². The molecule has 6 heteroatoms. The highest BCUT2D eigenvalue weighted by molar-refractivity contribution is 6.11. The van der Waals surface area contributed by atoms with Gasteiger partial charge in [0.25, 0.3) is 5.91 Å². The molecule has 0 fully saturated rings. The second kappa shape index (κ2) is 7.94. The molecule has 146 valence electrons. The molecule has 0 spiro atoms. The van der Waals surface area contributed by atoms with Crippen molar-refractivity contribution in [2.75, 3.05) is 5.32 Å². The number of nitriles is 1. The van der Waals surface area contributed by atoms with Gasteiger partial charge in [-0.1, -0.05) is 48.5 Å². The summed E-state index contributed by atoms with van der Waals surface area (Å²) in [5, 5.41) is 24.3. The van der Waals surface area contributed by atoms with Crippen molar-refractivity contribution in [3.05, 3.63) is 84.1 Å². The standard InChI is InChI=1S/C24H17N3O3/c25-13-18(24(30)26-20-10-9-16-5-1-2-6-17(16)12-20)11-19-14-27(15-23(28)29)22-8-4-3-7-21(19)22/h1-12,14H,15H2,(H,26,30)(H,28,29). The van der Waals surface area contributed by atoms with Crippen LogP contribution in [-0.4, -0.2) is 21.6 Å². The van der Waals surface area contributed by atoms with Crippen molar-refractivity contribution in [2.24, 2.45) is 0 Å².